The van der Waals surface area contributed by atoms with E-state index in [1.165, 1.54) is 0 Å². The molecule has 0 aliphatic carbocycles. The molecule has 0 bridgehead atoms. The van der Waals surface area contributed by atoms with Gasteiger partial charge in [0.1, 0.15) is 22.7 Å². The maximum absolute atomic E-state index is 14.3. The average Bonchev–Trinajstić information content (AvgIpc) is 3.50. The first-order valence-corrected chi connectivity index (χ1v) is 15.1. The molecule has 1 N–H and O–H groups in total. The molecule has 3 aromatic rings. The lowest BCUT2D eigenvalue weighted by atomic mass is 9.75. The van der Waals surface area contributed by atoms with Gasteiger partial charge in [0.2, 0.25) is 21.0 Å². The highest BCUT2D eigenvalue weighted by Gasteiger charge is 2.54. The summed E-state index contributed by atoms with van der Waals surface area (Å²) in [4.78, 5) is 16.0. The average molecular weight is 508 g/mol. The van der Waals surface area contributed by atoms with E-state index in [1.54, 1.807) is 11.0 Å². The van der Waals surface area contributed by atoms with Crippen LogP contribution in [0.4, 0.5) is 5.69 Å². The maximum Gasteiger partial charge on any atom is 0.250 e. The van der Waals surface area contributed by atoms with Crippen molar-refractivity contribution in [1.82, 2.24) is 0 Å². The van der Waals surface area contributed by atoms with Crippen LogP contribution >= 0.6 is 0 Å². The second-order valence-electron chi connectivity index (χ2n) is 11.0. The molecule has 1 aromatic heterocycles. The van der Waals surface area contributed by atoms with Crippen molar-refractivity contribution < 1.29 is 28.2 Å². The molecule has 1 atom stereocenters. The van der Waals surface area contributed by atoms with E-state index >= 15 is 0 Å². The largest absolute Gasteiger partial charge is 0.543 e. The number of fused-ring (bicyclic) bond motifs is 2. The second kappa shape index (κ2) is 8.42. The van der Waals surface area contributed by atoms with Crippen molar-refractivity contribution in [3.05, 3.63) is 71.2 Å². The fraction of sp³-hybridized carbons (Fsp3) is 0.393. The number of carbonyl (C=O) groups excluding carboxylic acids is 1. The van der Waals surface area contributed by atoms with Crippen molar-refractivity contribution >= 4 is 19.9 Å². The number of aryl methyl sites for hydroxylation is 1. The molecular formula is C28H33NO6Si. The number of rotatable bonds is 6. The summed E-state index contributed by atoms with van der Waals surface area (Å²) in [6.07, 6.45) is 0. The molecule has 2 aliphatic heterocycles. The molecule has 5 rings (SSSR count). The summed E-state index contributed by atoms with van der Waals surface area (Å²) in [7, 11) is -2.31. The van der Waals surface area contributed by atoms with Crippen molar-refractivity contribution in [2.24, 2.45) is 0 Å². The van der Waals surface area contributed by atoms with Crippen LogP contribution < -0.4 is 18.8 Å². The Kier molecular flexibility index (Phi) is 5.72. The summed E-state index contributed by atoms with van der Waals surface area (Å²) in [6.45, 7) is 12.6. The zero-order chi connectivity index (χ0) is 25.9. The van der Waals surface area contributed by atoms with Gasteiger partial charge in [0.05, 0.1) is 13.2 Å². The van der Waals surface area contributed by atoms with E-state index in [2.05, 4.69) is 33.9 Å². The van der Waals surface area contributed by atoms with Gasteiger partial charge in [-0.05, 0) is 54.9 Å². The van der Waals surface area contributed by atoms with Gasteiger partial charge in [0.15, 0.2) is 11.5 Å². The number of furan rings is 1. The third-order valence-corrected chi connectivity index (χ3v) is 12.1. The van der Waals surface area contributed by atoms with Gasteiger partial charge in [-0.15, -0.1) is 0 Å². The lowest BCUT2D eigenvalue weighted by molar-refractivity contribution is -0.123. The summed E-state index contributed by atoms with van der Waals surface area (Å²) >= 11 is 0. The minimum absolute atomic E-state index is 0.0756. The monoisotopic (exact) mass is 507 g/mol. The first-order valence-electron chi connectivity index (χ1n) is 12.2. The van der Waals surface area contributed by atoms with Gasteiger partial charge in [-0.3, -0.25) is 4.79 Å². The van der Waals surface area contributed by atoms with Gasteiger partial charge >= 0.3 is 0 Å². The minimum atomic E-state index is -2.31. The number of carbonyl (C=O) groups is 1. The number of ether oxygens (including phenoxy) is 2. The molecule has 1 amide bonds. The Balaban J connectivity index is 1.70. The molecule has 0 saturated carbocycles. The number of aliphatic hydroxyl groups excluding tert-OH is 1. The Morgan fingerprint density at radius 3 is 2.39 bits per heavy atom. The Morgan fingerprint density at radius 1 is 1.06 bits per heavy atom. The molecule has 0 spiro atoms. The van der Waals surface area contributed by atoms with Crippen molar-refractivity contribution in [3.63, 3.8) is 0 Å². The van der Waals surface area contributed by atoms with Crippen LogP contribution in [-0.2, 0) is 16.8 Å². The van der Waals surface area contributed by atoms with Crippen LogP contribution in [-0.4, -0.2) is 32.7 Å². The van der Waals surface area contributed by atoms with E-state index in [0.29, 0.717) is 28.6 Å². The molecule has 1 unspecified atom stereocenters. The van der Waals surface area contributed by atoms with E-state index in [1.807, 2.05) is 49.4 Å². The van der Waals surface area contributed by atoms with E-state index < -0.39 is 20.3 Å². The minimum Gasteiger partial charge on any atom is -0.543 e. The normalized spacial score (nSPS) is 19.1. The van der Waals surface area contributed by atoms with Crippen LogP contribution in [0, 0.1) is 6.92 Å². The molecule has 2 aromatic carbocycles. The quantitative estimate of drug-likeness (QED) is 0.442. The molecule has 0 fully saturated rings. The standard InChI is InChI=1S/C28H33NO6Si/c1-18-11-12-19(34-18)15-29-22-10-8-7-9-20(22)28(16-30,26(29)31)21-13-24-25(33-17-32-24)14-23(21)35-36(5,6)27(2,3)4/h7-14,30H,15-17H2,1-6H3. The van der Waals surface area contributed by atoms with E-state index in [9.17, 15) is 9.90 Å². The Morgan fingerprint density at radius 2 is 1.75 bits per heavy atom. The number of aliphatic hydroxyl groups is 1. The molecule has 3 heterocycles. The van der Waals surface area contributed by atoms with Crippen molar-refractivity contribution in [3.8, 4) is 17.2 Å². The molecule has 36 heavy (non-hydrogen) atoms. The highest BCUT2D eigenvalue weighted by atomic mass is 28.4. The number of hydrogen-bond acceptors (Lipinski definition) is 6. The van der Waals surface area contributed by atoms with Crippen LogP contribution in [0.1, 0.15) is 43.4 Å². The number of anilines is 1. The smallest absolute Gasteiger partial charge is 0.250 e. The van der Waals surface area contributed by atoms with Crippen molar-refractivity contribution in [1.29, 1.82) is 0 Å². The molecule has 190 valence electrons. The topological polar surface area (TPSA) is 81.4 Å². The first kappa shape index (κ1) is 24.5. The summed E-state index contributed by atoms with van der Waals surface area (Å²) in [5, 5.41) is 10.9. The molecular weight excluding hydrogens is 474 g/mol. The molecule has 8 heteroatoms. The third kappa shape index (κ3) is 3.71. The lowest BCUT2D eigenvalue weighted by Crippen LogP contribution is -2.47. The summed E-state index contributed by atoms with van der Waals surface area (Å²) in [5.41, 5.74) is 0.674. The SMILES string of the molecule is Cc1ccc(CN2C(=O)C(CO)(c3cc4c(cc3O[Si](C)(C)C(C)(C)C)OCO4)c3ccccc32)o1. The maximum atomic E-state index is 14.3. The number of nitrogens with zero attached hydrogens (tertiary/aromatic N) is 1. The van der Waals surface area contributed by atoms with Gasteiger partial charge in [0.25, 0.3) is 0 Å². The summed E-state index contributed by atoms with van der Waals surface area (Å²) < 4.78 is 23.9. The lowest BCUT2D eigenvalue weighted by Gasteiger charge is -2.38. The van der Waals surface area contributed by atoms with Gasteiger partial charge in [-0.25, -0.2) is 0 Å². The van der Waals surface area contributed by atoms with E-state index in [4.69, 9.17) is 18.3 Å². The Hall–Kier alpha value is -3.23. The molecule has 0 radical (unpaired) electrons. The molecule has 7 nitrogen and oxygen atoms in total. The molecule has 0 saturated heterocycles. The number of amides is 1. The van der Waals surface area contributed by atoms with Crippen LogP contribution in [0.25, 0.3) is 0 Å². The Bertz CT molecular complexity index is 1320. The van der Waals surface area contributed by atoms with Crippen molar-refractivity contribution in [2.75, 3.05) is 18.3 Å². The van der Waals surface area contributed by atoms with Crippen LogP contribution in [0.15, 0.2) is 52.9 Å². The van der Waals surface area contributed by atoms with Gasteiger partial charge in [-0.1, -0.05) is 39.0 Å². The van der Waals surface area contributed by atoms with Crippen molar-refractivity contribution in [2.45, 2.75) is 57.8 Å². The first-order chi connectivity index (χ1) is 17.0. The van der Waals surface area contributed by atoms with Gasteiger partial charge < -0.3 is 28.3 Å². The van der Waals surface area contributed by atoms with Crippen LogP contribution in [0.3, 0.4) is 0 Å². The summed E-state index contributed by atoms with van der Waals surface area (Å²) in [6, 6.07) is 14.9. The predicted molar refractivity (Wildman–Crippen MR) is 139 cm³/mol. The van der Waals surface area contributed by atoms with Crippen LogP contribution in [0.5, 0.6) is 17.2 Å². The number of para-hydroxylation sites is 1. The zero-order valence-corrected chi connectivity index (χ0v) is 22.7. The highest BCUT2D eigenvalue weighted by molar-refractivity contribution is 6.74. The van der Waals surface area contributed by atoms with E-state index in [-0.39, 0.29) is 24.3 Å². The number of hydrogen-bond donors (Lipinski definition) is 1. The van der Waals surface area contributed by atoms with Gasteiger partial charge in [0, 0.05) is 17.3 Å². The zero-order valence-electron chi connectivity index (χ0n) is 21.7. The molecule has 2 aliphatic rings. The van der Waals surface area contributed by atoms with E-state index in [0.717, 1.165) is 17.0 Å². The predicted octanol–water partition coefficient (Wildman–Crippen LogP) is 5.53. The highest BCUT2D eigenvalue weighted by Crippen LogP contribution is 2.53. The fourth-order valence-electron chi connectivity index (χ4n) is 4.68. The second-order valence-corrected chi connectivity index (χ2v) is 15.8. The Labute approximate surface area is 212 Å². The third-order valence-electron chi connectivity index (χ3n) is 7.72. The fourth-order valence-corrected chi connectivity index (χ4v) is 5.70. The number of benzene rings is 2. The van der Waals surface area contributed by atoms with Crippen LogP contribution in [0.2, 0.25) is 18.1 Å². The summed E-state index contributed by atoms with van der Waals surface area (Å²) in [5.74, 6) is 2.86. The van der Waals surface area contributed by atoms with Gasteiger partial charge in [-0.2, -0.15) is 0 Å².